The number of nitrogens with zero attached hydrogens (tertiary/aromatic N) is 3. The van der Waals surface area contributed by atoms with Gasteiger partial charge in [-0.1, -0.05) is 6.07 Å². The van der Waals surface area contributed by atoms with Gasteiger partial charge in [-0.2, -0.15) is 0 Å². The van der Waals surface area contributed by atoms with Crippen LogP contribution in [0.15, 0.2) is 34.0 Å². The minimum Gasteiger partial charge on any atom is -0.373 e. The Hall–Kier alpha value is -3.49. The molecule has 0 aliphatic carbocycles. The molecule has 0 spiro atoms. The third kappa shape index (κ3) is 2.89. The summed E-state index contributed by atoms with van der Waals surface area (Å²) in [6, 6.07) is 4.39. The Morgan fingerprint density at radius 1 is 1.07 bits per heavy atom. The molecule has 2 aromatic carbocycles. The number of H-pyrrole nitrogens is 1. The number of ketones is 1. The number of Topliss-reactive ketones (excluding diaryl/α,β-unsaturated/α-hetero) is 1. The normalized spacial score (nSPS) is 14.6. The maximum atomic E-state index is 14.1. The van der Waals surface area contributed by atoms with Gasteiger partial charge in [0.1, 0.15) is 17.2 Å². The summed E-state index contributed by atoms with van der Waals surface area (Å²) in [6.45, 7) is 1.10. The Morgan fingerprint density at radius 2 is 1.76 bits per heavy atom. The van der Waals surface area contributed by atoms with E-state index < -0.39 is 28.4 Å². The average Bonchev–Trinajstić information content (AvgIpc) is 3.15. The van der Waals surface area contributed by atoms with Crippen molar-refractivity contribution < 1.29 is 14.0 Å². The van der Waals surface area contributed by atoms with E-state index in [1.807, 2.05) is 0 Å². The molecule has 9 heteroatoms. The number of hydrogen-bond donors (Lipinski definition) is 1. The zero-order chi connectivity index (χ0) is 20.9. The maximum Gasteiger partial charge on any atom is 0.295 e. The van der Waals surface area contributed by atoms with E-state index >= 15 is 0 Å². The van der Waals surface area contributed by atoms with Crippen molar-refractivity contribution in [1.82, 2.24) is 9.88 Å². The van der Waals surface area contributed by atoms with Crippen molar-refractivity contribution in [1.29, 1.82) is 0 Å². The highest BCUT2D eigenvalue weighted by molar-refractivity contribution is 6.44. The van der Waals surface area contributed by atoms with Crippen LogP contribution in [0.4, 0.5) is 15.8 Å². The number of nitrogens with one attached hydrogen (secondary N) is 1. The van der Waals surface area contributed by atoms with E-state index in [0.29, 0.717) is 30.0 Å². The summed E-state index contributed by atoms with van der Waals surface area (Å²) in [5.74, 6) is -2.06. The number of benzene rings is 1. The molecule has 8 nitrogen and oxygen atoms in total. The van der Waals surface area contributed by atoms with Crippen LogP contribution in [0.3, 0.4) is 0 Å². The number of halogens is 1. The van der Waals surface area contributed by atoms with E-state index in [2.05, 4.69) is 4.98 Å². The van der Waals surface area contributed by atoms with Crippen LogP contribution in [0.25, 0.3) is 10.9 Å². The molecule has 1 aliphatic rings. The quantitative estimate of drug-likeness (QED) is 0.508. The third-order valence-electron chi connectivity index (χ3n) is 5.28. The lowest BCUT2D eigenvalue weighted by molar-refractivity contribution is -0.126. The Kier molecular flexibility index (Phi) is 4.45. The number of piperazine rings is 1. The van der Waals surface area contributed by atoms with Gasteiger partial charge in [-0.25, -0.2) is 4.39 Å². The summed E-state index contributed by atoms with van der Waals surface area (Å²) in [5.41, 5.74) is 0.126. The lowest BCUT2D eigenvalue weighted by Gasteiger charge is -2.37. The van der Waals surface area contributed by atoms with Gasteiger partial charge in [-0.15, -0.1) is 0 Å². The molecule has 0 bridgehead atoms. The van der Waals surface area contributed by atoms with Crippen molar-refractivity contribution in [2.45, 2.75) is 0 Å². The number of carbonyl (C=O) groups excluding carboxylic acids is 2. The van der Waals surface area contributed by atoms with E-state index in [4.69, 9.17) is 0 Å². The molecule has 1 fully saturated rings. The first-order valence-corrected chi connectivity index (χ1v) is 9.16. The molecule has 150 valence electrons. The number of anilines is 2. The van der Waals surface area contributed by atoms with Gasteiger partial charge in [0.05, 0.1) is 5.56 Å². The Balaban J connectivity index is 1.50. The van der Waals surface area contributed by atoms with Gasteiger partial charge in [0.2, 0.25) is 0 Å². The molecule has 0 unspecified atom stereocenters. The van der Waals surface area contributed by atoms with Crippen LogP contribution >= 0.6 is 0 Å². The van der Waals surface area contributed by atoms with Gasteiger partial charge < -0.3 is 19.7 Å². The number of aromatic nitrogens is 1. The predicted molar refractivity (Wildman–Crippen MR) is 107 cm³/mol. The summed E-state index contributed by atoms with van der Waals surface area (Å²) in [7, 11) is 3.39. The van der Waals surface area contributed by atoms with E-state index in [-0.39, 0.29) is 24.0 Å². The summed E-state index contributed by atoms with van der Waals surface area (Å²) >= 11 is 0. The molecule has 3 aromatic rings. The average molecular weight is 398 g/mol. The maximum absolute atomic E-state index is 14.1. The van der Waals surface area contributed by atoms with Crippen molar-refractivity contribution in [2.75, 3.05) is 50.1 Å². The fourth-order valence-corrected chi connectivity index (χ4v) is 3.79. The second-order valence-electron chi connectivity index (χ2n) is 7.22. The van der Waals surface area contributed by atoms with Crippen LogP contribution in [0.2, 0.25) is 0 Å². The van der Waals surface area contributed by atoms with E-state index in [1.165, 1.54) is 23.2 Å². The Labute approximate surface area is 164 Å². The van der Waals surface area contributed by atoms with Gasteiger partial charge >= 0.3 is 0 Å². The molecule has 0 atom stereocenters. The standard InChI is InChI=1S/C20H19FN4O4/c1-23(2)15-16(19(28)18(15)27)24-6-8-25(9-7-24)20(29)17(26)11-10-22-13-5-3-4-12(21)14(11)13/h3-5,10,22H,6-9H2,1-2H3. The minimum atomic E-state index is -0.780. The van der Waals surface area contributed by atoms with E-state index in [1.54, 1.807) is 30.0 Å². The Morgan fingerprint density at radius 3 is 2.41 bits per heavy atom. The molecule has 29 heavy (non-hydrogen) atoms. The first-order valence-electron chi connectivity index (χ1n) is 9.16. The number of aromatic amines is 1. The molecular formula is C20H19FN4O4. The Bertz CT molecular complexity index is 1200. The van der Waals surface area contributed by atoms with Gasteiger partial charge in [0.15, 0.2) is 0 Å². The molecule has 1 aliphatic heterocycles. The van der Waals surface area contributed by atoms with Crippen molar-refractivity contribution in [2.24, 2.45) is 0 Å². The van der Waals surface area contributed by atoms with Crippen molar-refractivity contribution in [3.8, 4) is 0 Å². The van der Waals surface area contributed by atoms with E-state index in [0.717, 1.165) is 0 Å². The molecule has 4 rings (SSSR count). The SMILES string of the molecule is CN(C)c1c(N2CCN(C(=O)C(=O)c3c[nH]c4cccc(F)c34)CC2)c(=O)c1=O. The van der Waals surface area contributed by atoms with Crippen LogP contribution < -0.4 is 20.7 Å². The highest BCUT2D eigenvalue weighted by atomic mass is 19.1. The molecule has 0 radical (unpaired) electrons. The summed E-state index contributed by atoms with van der Waals surface area (Å²) < 4.78 is 14.1. The number of carbonyl (C=O) groups is 2. The highest BCUT2D eigenvalue weighted by Gasteiger charge is 2.33. The second kappa shape index (κ2) is 6.84. The number of rotatable bonds is 4. The molecule has 1 aromatic heterocycles. The van der Waals surface area contributed by atoms with Crippen LogP contribution in [0.5, 0.6) is 0 Å². The molecular weight excluding hydrogens is 379 g/mol. The largest absolute Gasteiger partial charge is 0.373 e. The van der Waals surface area contributed by atoms with Crippen molar-refractivity contribution in [3.05, 3.63) is 56.2 Å². The summed E-state index contributed by atoms with van der Waals surface area (Å²) in [5, 5.41) is 0.101. The zero-order valence-electron chi connectivity index (χ0n) is 16.0. The topological polar surface area (TPSA) is 93.8 Å². The fourth-order valence-electron chi connectivity index (χ4n) is 3.79. The van der Waals surface area contributed by atoms with Gasteiger partial charge in [-0.3, -0.25) is 19.2 Å². The first kappa shape index (κ1) is 18.9. The minimum absolute atomic E-state index is 0.00268. The summed E-state index contributed by atoms with van der Waals surface area (Å²) in [4.78, 5) is 56.7. The molecule has 1 N–H and O–H groups in total. The number of fused-ring (bicyclic) bond motifs is 1. The second-order valence-corrected chi connectivity index (χ2v) is 7.22. The van der Waals surface area contributed by atoms with Crippen LogP contribution in [0.1, 0.15) is 10.4 Å². The highest BCUT2D eigenvalue weighted by Crippen LogP contribution is 2.25. The monoisotopic (exact) mass is 398 g/mol. The summed E-state index contributed by atoms with van der Waals surface area (Å²) in [6.07, 6.45) is 1.34. The molecule has 1 saturated heterocycles. The van der Waals surface area contributed by atoms with Crippen LogP contribution in [-0.2, 0) is 4.79 Å². The zero-order valence-corrected chi connectivity index (χ0v) is 16.0. The lowest BCUT2D eigenvalue weighted by Crippen LogP contribution is -2.54. The van der Waals surface area contributed by atoms with Gasteiger partial charge in [-0.05, 0) is 12.1 Å². The smallest absolute Gasteiger partial charge is 0.295 e. The van der Waals surface area contributed by atoms with Crippen molar-refractivity contribution in [3.63, 3.8) is 0 Å². The fraction of sp³-hybridized carbons (Fsp3) is 0.300. The first-order chi connectivity index (χ1) is 13.8. The molecule has 0 saturated carbocycles. The third-order valence-corrected chi connectivity index (χ3v) is 5.28. The van der Waals surface area contributed by atoms with E-state index in [9.17, 15) is 23.6 Å². The van der Waals surface area contributed by atoms with Crippen LogP contribution in [-0.4, -0.2) is 61.8 Å². The van der Waals surface area contributed by atoms with Crippen molar-refractivity contribution >= 4 is 34.0 Å². The lowest BCUT2D eigenvalue weighted by atomic mass is 10.1. The predicted octanol–water partition coefficient (Wildman–Crippen LogP) is 0.500. The number of amides is 1. The van der Waals surface area contributed by atoms with Gasteiger partial charge in [0.25, 0.3) is 22.5 Å². The molecule has 2 heterocycles. The van der Waals surface area contributed by atoms with Crippen LogP contribution in [0, 0.1) is 5.82 Å². The van der Waals surface area contributed by atoms with Gasteiger partial charge in [0, 0.05) is 57.4 Å². The number of hydrogen-bond acceptors (Lipinski definition) is 6. The molecule has 1 amide bonds.